The lowest BCUT2D eigenvalue weighted by atomic mass is 9.96. The largest absolute Gasteiger partial charge is 0.481 e. The normalized spacial score (nSPS) is 19.9. The Morgan fingerprint density at radius 1 is 1.50 bits per heavy atom. The van der Waals surface area contributed by atoms with Crippen molar-refractivity contribution in [2.24, 2.45) is 5.92 Å². The Morgan fingerprint density at radius 3 is 2.83 bits per heavy atom. The molecule has 1 fully saturated rings. The molecule has 1 aliphatic heterocycles. The summed E-state index contributed by atoms with van der Waals surface area (Å²) in [6.45, 7) is 0.208. The third-order valence-electron chi connectivity index (χ3n) is 2.98. The van der Waals surface area contributed by atoms with Crippen molar-refractivity contribution in [1.29, 1.82) is 0 Å². The number of hydrogen-bond donors (Lipinski definition) is 1. The van der Waals surface area contributed by atoms with Gasteiger partial charge in [0.1, 0.15) is 0 Å². The van der Waals surface area contributed by atoms with E-state index in [-0.39, 0.29) is 31.2 Å². The number of nitrogens with zero attached hydrogens (tertiary/aromatic N) is 1. The molecule has 1 saturated heterocycles. The number of carboxylic acids is 1. The molecule has 96 valence electrons. The second-order valence-corrected chi connectivity index (χ2v) is 5.26. The number of likely N-dealkylation sites (tertiary alicyclic amines) is 1. The van der Waals surface area contributed by atoms with Gasteiger partial charge in [-0.2, -0.15) is 0 Å². The zero-order valence-corrected chi connectivity index (χ0v) is 10.5. The van der Waals surface area contributed by atoms with Gasteiger partial charge >= 0.3 is 5.97 Å². The predicted octanol–water partition coefficient (Wildman–Crippen LogP) is 1.14. The first kappa shape index (κ1) is 12.8. The molecular formula is C12H13NO4S. The van der Waals surface area contributed by atoms with E-state index in [2.05, 4.69) is 0 Å². The highest BCUT2D eigenvalue weighted by molar-refractivity contribution is 7.10. The molecule has 1 aromatic rings. The van der Waals surface area contributed by atoms with Crippen molar-refractivity contribution in [2.45, 2.75) is 19.3 Å². The third-order valence-corrected chi connectivity index (χ3v) is 3.86. The number of thiophene rings is 1. The van der Waals surface area contributed by atoms with Crippen LogP contribution >= 0.6 is 11.3 Å². The highest BCUT2D eigenvalue weighted by atomic mass is 32.1. The lowest BCUT2D eigenvalue weighted by Crippen LogP contribution is -2.45. The molecule has 1 aliphatic rings. The van der Waals surface area contributed by atoms with Crippen molar-refractivity contribution in [3.8, 4) is 0 Å². The molecule has 0 radical (unpaired) electrons. The predicted molar refractivity (Wildman–Crippen MR) is 65.1 cm³/mol. The van der Waals surface area contributed by atoms with Crippen LogP contribution in [0.1, 0.15) is 17.7 Å². The van der Waals surface area contributed by atoms with Gasteiger partial charge in [-0.25, -0.2) is 0 Å². The Labute approximate surface area is 108 Å². The molecule has 6 heteroatoms. The average Bonchev–Trinajstić information content (AvgIpc) is 2.81. The van der Waals surface area contributed by atoms with Crippen LogP contribution in [0.2, 0.25) is 0 Å². The summed E-state index contributed by atoms with van der Waals surface area (Å²) in [5.74, 6) is -2.24. The van der Waals surface area contributed by atoms with E-state index >= 15 is 0 Å². The molecule has 0 saturated carbocycles. The van der Waals surface area contributed by atoms with E-state index in [4.69, 9.17) is 5.11 Å². The first-order valence-corrected chi connectivity index (χ1v) is 6.54. The molecule has 2 heterocycles. The number of carbonyl (C=O) groups is 3. The first-order chi connectivity index (χ1) is 8.58. The van der Waals surface area contributed by atoms with Gasteiger partial charge in [-0.15, -0.1) is 11.3 Å². The van der Waals surface area contributed by atoms with Crippen LogP contribution in [0.15, 0.2) is 17.5 Å². The van der Waals surface area contributed by atoms with Crippen molar-refractivity contribution < 1.29 is 19.5 Å². The summed E-state index contributed by atoms with van der Waals surface area (Å²) >= 11 is 1.47. The topological polar surface area (TPSA) is 74.7 Å². The van der Waals surface area contributed by atoms with Crippen LogP contribution < -0.4 is 0 Å². The quantitative estimate of drug-likeness (QED) is 0.891. The summed E-state index contributed by atoms with van der Waals surface area (Å²) < 4.78 is 0. The van der Waals surface area contributed by atoms with Crippen molar-refractivity contribution in [2.75, 3.05) is 6.54 Å². The third kappa shape index (κ3) is 2.76. The Bertz CT molecular complexity index is 468. The number of carbonyl (C=O) groups excluding carboxylic acids is 2. The maximum absolute atomic E-state index is 11.9. The van der Waals surface area contributed by atoms with Crippen LogP contribution in [0.3, 0.4) is 0 Å². The first-order valence-electron chi connectivity index (χ1n) is 5.66. The number of piperidine rings is 1. The molecule has 1 atom stereocenters. The number of carboxylic acid groups (broad SMARTS) is 1. The SMILES string of the molecule is O=C(O)C1CCN(C(=O)Cc2cccs2)C(=O)C1. The molecule has 0 spiro atoms. The molecule has 1 aromatic heterocycles. The van der Waals surface area contributed by atoms with E-state index < -0.39 is 11.9 Å². The molecule has 2 amide bonds. The van der Waals surface area contributed by atoms with Crippen molar-refractivity contribution in [3.05, 3.63) is 22.4 Å². The van der Waals surface area contributed by atoms with E-state index in [0.717, 1.165) is 4.88 Å². The van der Waals surface area contributed by atoms with E-state index in [0.29, 0.717) is 6.42 Å². The van der Waals surface area contributed by atoms with Crippen LogP contribution in [0, 0.1) is 5.92 Å². The minimum atomic E-state index is -0.964. The Hall–Kier alpha value is -1.69. The van der Waals surface area contributed by atoms with Gasteiger partial charge in [-0.1, -0.05) is 6.07 Å². The van der Waals surface area contributed by atoms with Crippen LogP contribution in [-0.2, 0) is 20.8 Å². The minimum absolute atomic E-state index is 0.0779. The molecule has 2 rings (SSSR count). The highest BCUT2D eigenvalue weighted by Gasteiger charge is 2.33. The molecule has 0 aliphatic carbocycles. The fourth-order valence-electron chi connectivity index (χ4n) is 1.96. The Kier molecular flexibility index (Phi) is 3.76. The molecule has 5 nitrogen and oxygen atoms in total. The molecule has 0 aromatic carbocycles. The zero-order valence-electron chi connectivity index (χ0n) is 9.67. The number of aliphatic carboxylic acids is 1. The van der Waals surface area contributed by atoms with Crippen LogP contribution in [-0.4, -0.2) is 34.3 Å². The summed E-state index contributed by atoms with van der Waals surface area (Å²) in [6, 6.07) is 3.70. The fourth-order valence-corrected chi connectivity index (χ4v) is 2.66. The molecule has 1 unspecified atom stereocenters. The number of rotatable bonds is 3. The van der Waals surface area contributed by atoms with Crippen molar-refractivity contribution in [3.63, 3.8) is 0 Å². The van der Waals surface area contributed by atoms with Gasteiger partial charge in [-0.05, 0) is 17.9 Å². The number of imide groups is 1. The molecule has 18 heavy (non-hydrogen) atoms. The summed E-state index contributed by atoms with van der Waals surface area (Å²) in [7, 11) is 0. The maximum Gasteiger partial charge on any atom is 0.307 e. The Morgan fingerprint density at radius 2 is 2.28 bits per heavy atom. The monoisotopic (exact) mass is 267 g/mol. The van der Waals surface area contributed by atoms with Gasteiger partial charge in [0.15, 0.2) is 0 Å². The van der Waals surface area contributed by atoms with E-state index in [1.807, 2.05) is 17.5 Å². The zero-order chi connectivity index (χ0) is 13.1. The molecular weight excluding hydrogens is 254 g/mol. The smallest absolute Gasteiger partial charge is 0.307 e. The summed E-state index contributed by atoms with van der Waals surface area (Å²) in [5, 5.41) is 10.7. The average molecular weight is 267 g/mol. The summed E-state index contributed by atoms with van der Waals surface area (Å²) in [5.41, 5.74) is 0. The highest BCUT2D eigenvalue weighted by Crippen LogP contribution is 2.20. The number of amides is 2. The van der Waals surface area contributed by atoms with Gasteiger partial charge in [0.2, 0.25) is 11.8 Å². The van der Waals surface area contributed by atoms with Crippen molar-refractivity contribution >= 4 is 29.1 Å². The van der Waals surface area contributed by atoms with Crippen molar-refractivity contribution in [1.82, 2.24) is 4.90 Å². The Balaban J connectivity index is 1.96. The van der Waals surface area contributed by atoms with Crippen LogP contribution in [0.5, 0.6) is 0 Å². The summed E-state index contributed by atoms with van der Waals surface area (Å²) in [6.07, 6.45) is 0.476. The molecule has 1 N–H and O–H groups in total. The van der Waals surface area contributed by atoms with E-state index in [1.165, 1.54) is 16.2 Å². The van der Waals surface area contributed by atoms with Gasteiger partial charge < -0.3 is 5.11 Å². The minimum Gasteiger partial charge on any atom is -0.481 e. The van der Waals surface area contributed by atoms with Gasteiger partial charge in [0.25, 0.3) is 0 Å². The van der Waals surface area contributed by atoms with Gasteiger partial charge in [0.05, 0.1) is 12.3 Å². The second-order valence-electron chi connectivity index (χ2n) is 4.22. The van der Waals surface area contributed by atoms with Crippen LogP contribution in [0.25, 0.3) is 0 Å². The maximum atomic E-state index is 11.9. The van der Waals surface area contributed by atoms with Gasteiger partial charge in [-0.3, -0.25) is 19.3 Å². The standard InChI is InChI=1S/C12H13NO4S/c14-10-6-8(12(16)17)3-4-13(10)11(15)7-9-2-1-5-18-9/h1-2,5,8H,3-4,6-7H2,(H,16,17). The van der Waals surface area contributed by atoms with Crippen LogP contribution in [0.4, 0.5) is 0 Å². The molecule has 0 bridgehead atoms. The fraction of sp³-hybridized carbons (Fsp3) is 0.417. The number of hydrogen-bond acceptors (Lipinski definition) is 4. The van der Waals surface area contributed by atoms with Gasteiger partial charge in [0, 0.05) is 17.8 Å². The lowest BCUT2D eigenvalue weighted by Gasteiger charge is -2.28. The lowest BCUT2D eigenvalue weighted by molar-refractivity contribution is -0.154. The summed E-state index contributed by atoms with van der Waals surface area (Å²) in [4.78, 5) is 36.5. The van der Waals surface area contributed by atoms with E-state index in [9.17, 15) is 14.4 Å². The second kappa shape index (κ2) is 5.30. The van der Waals surface area contributed by atoms with E-state index in [1.54, 1.807) is 0 Å².